The van der Waals surface area contributed by atoms with Crippen molar-refractivity contribution in [3.8, 4) is 0 Å². The summed E-state index contributed by atoms with van der Waals surface area (Å²) in [5.41, 5.74) is 0.970. The highest BCUT2D eigenvalue weighted by Crippen LogP contribution is 2.25. The van der Waals surface area contributed by atoms with Crippen LogP contribution in [0.4, 0.5) is 11.8 Å². The predicted molar refractivity (Wildman–Crippen MR) is 90.5 cm³/mol. The quantitative estimate of drug-likeness (QED) is 0.680. The van der Waals surface area contributed by atoms with E-state index in [2.05, 4.69) is 20.6 Å². The molecule has 4 atom stereocenters. The van der Waals surface area contributed by atoms with Gasteiger partial charge < -0.3 is 20.8 Å². The van der Waals surface area contributed by atoms with Crippen LogP contribution >= 0.6 is 0 Å². The Labute approximate surface area is 137 Å². The lowest BCUT2D eigenvalue weighted by molar-refractivity contribution is 0.116. The second-order valence-corrected chi connectivity index (χ2v) is 6.93. The van der Waals surface area contributed by atoms with Gasteiger partial charge in [0.2, 0.25) is 5.95 Å². The van der Waals surface area contributed by atoms with Crippen molar-refractivity contribution in [1.29, 1.82) is 0 Å². The van der Waals surface area contributed by atoms with Crippen LogP contribution in [-0.2, 0) is 0 Å². The fraction of sp³-hybridized carbons (Fsp3) is 0.765. The largest absolute Gasteiger partial charge is 0.391 e. The Kier molecular flexibility index (Phi) is 5.33. The molecule has 0 aromatic carbocycles. The molecule has 0 saturated heterocycles. The van der Waals surface area contributed by atoms with Crippen molar-refractivity contribution >= 4 is 11.8 Å². The summed E-state index contributed by atoms with van der Waals surface area (Å²) in [6.07, 6.45) is 9.19. The minimum Gasteiger partial charge on any atom is -0.391 e. The first-order valence-corrected chi connectivity index (χ1v) is 8.86. The van der Waals surface area contributed by atoms with Crippen molar-refractivity contribution in [3.05, 3.63) is 11.8 Å². The summed E-state index contributed by atoms with van der Waals surface area (Å²) in [6.45, 7) is 1.97. The van der Waals surface area contributed by atoms with Crippen LogP contribution in [0.15, 0.2) is 6.20 Å². The summed E-state index contributed by atoms with van der Waals surface area (Å²) < 4.78 is 0. The zero-order valence-electron chi connectivity index (χ0n) is 13.8. The maximum absolute atomic E-state index is 10.1. The second-order valence-electron chi connectivity index (χ2n) is 6.93. The average molecular weight is 320 g/mol. The van der Waals surface area contributed by atoms with Gasteiger partial charge in [-0.25, -0.2) is 4.98 Å². The van der Waals surface area contributed by atoms with Gasteiger partial charge in [0.05, 0.1) is 24.3 Å². The smallest absolute Gasteiger partial charge is 0.224 e. The zero-order chi connectivity index (χ0) is 16.2. The monoisotopic (exact) mass is 320 g/mol. The van der Waals surface area contributed by atoms with Crippen molar-refractivity contribution in [2.75, 3.05) is 10.6 Å². The third kappa shape index (κ3) is 4.12. The number of nitrogens with zero attached hydrogens (tertiary/aromatic N) is 2. The first-order chi connectivity index (χ1) is 11.1. The number of rotatable bonds is 4. The molecular formula is C17H28N4O2. The molecule has 2 fully saturated rings. The number of aliphatic hydroxyl groups is 2. The Morgan fingerprint density at radius 3 is 2.09 bits per heavy atom. The van der Waals surface area contributed by atoms with E-state index in [9.17, 15) is 10.2 Å². The van der Waals surface area contributed by atoms with E-state index in [4.69, 9.17) is 0 Å². The first-order valence-electron chi connectivity index (χ1n) is 8.86. The van der Waals surface area contributed by atoms with E-state index in [1.165, 1.54) is 0 Å². The van der Waals surface area contributed by atoms with Gasteiger partial charge in [-0.05, 0) is 32.6 Å². The molecular weight excluding hydrogens is 292 g/mol. The number of hydrogen-bond donors (Lipinski definition) is 4. The summed E-state index contributed by atoms with van der Waals surface area (Å²) in [5.74, 6) is 1.33. The molecule has 23 heavy (non-hydrogen) atoms. The number of hydrogen-bond acceptors (Lipinski definition) is 6. The van der Waals surface area contributed by atoms with Crippen molar-refractivity contribution in [3.63, 3.8) is 0 Å². The van der Waals surface area contributed by atoms with Crippen LogP contribution in [0, 0.1) is 6.92 Å². The molecule has 6 heteroatoms. The molecule has 6 nitrogen and oxygen atoms in total. The molecule has 128 valence electrons. The van der Waals surface area contributed by atoms with Crippen LogP contribution in [0.3, 0.4) is 0 Å². The van der Waals surface area contributed by atoms with Crippen molar-refractivity contribution in [2.45, 2.75) is 82.6 Å². The SMILES string of the molecule is Cc1cnc(NC2CCCCC2O)nc1NC1CCCCC1O. The van der Waals surface area contributed by atoms with E-state index in [0.29, 0.717) is 5.95 Å². The lowest BCUT2D eigenvalue weighted by atomic mass is 9.92. The molecule has 4 unspecified atom stereocenters. The maximum Gasteiger partial charge on any atom is 0.224 e. The van der Waals surface area contributed by atoms with E-state index in [1.54, 1.807) is 6.20 Å². The van der Waals surface area contributed by atoms with Crippen molar-refractivity contribution in [2.24, 2.45) is 0 Å². The van der Waals surface area contributed by atoms with E-state index in [0.717, 1.165) is 62.7 Å². The summed E-state index contributed by atoms with van der Waals surface area (Å²) in [4.78, 5) is 8.92. The molecule has 3 rings (SSSR count). The third-order valence-corrected chi connectivity index (χ3v) is 5.07. The molecule has 2 saturated carbocycles. The number of nitrogens with one attached hydrogen (secondary N) is 2. The molecule has 0 radical (unpaired) electrons. The van der Waals surface area contributed by atoms with Gasteiger partial charge in [-0.3, -0.25) is 0 Å². The summed E-state index contributed by atoms with van der Waals surface area (Å²) in [5, 5.41) is 26.9. The Morgan fingerprint density at radius 2 is 1.48 bits per heavy atom. The Bertz CT molecular complexity index is 525. The number of aliphatic hydroxyl groups excluding tert-OH is 2. The lowest BCUT2D eigenvalue weighted by Gasteiger charge is -2.30. The highest BCUT2D eigenvalue weighted by molar-refractivity contribution is 5.47. The van der Waals surface area contributed by atoms with Crippen LogP contribution < -0.4 is 10.6 Å². The molecule has 1 heterocycles. The van der Waals surface area contributed by atoms with Crippen molar-refractivity contribution < 1.29 is 10.2 Å². The summed E-state index contributed by atoms with van der Waals surface area (Å²) in [6, 6.07) is 0.0880. The van der Waals surface area contributed by atoms with Crippen LogP contribution in [-0.4, -0.2) is 44.5 Å². The van der Waals surface area contributed by atoms with Crippen LogP contribution in [0.1, 0.15) is 56.9 Å². The molecule has 2 aliphatic rings. The van der Waals surface area contributed by atoms with Gasteiger partial charge in [0.15, 0.2) is 0 Å². The Balaban J connectivity index is 1.68. The topological polar surface area (TPSA) is 90.3 Å². The maximum atomic E-state index is 10.1. The van der Waals surface area contributed by atoms with E-state index in [1.807, 2.05) is 6.92 Å². The minimum atomic E-state index is -0.328. The molecule has 1 aromatic heterocycles. The summed E-state index contributed by atoms with van der Waals surface area (Å²) in [7, 11) is 0. The zero-order valence-corrected chi connectivity index (χ0v) is 13.8. The number of aromatic nitrogens is 2. The highest BCUT2D eigenvalue weighted by atomic mass is 16.3. The molecule has 4 N–H and O–H groups in total. The van der Waals surface area contributed by atoms with Gasteiger partial charge in [0.1, 0.15) is 5.82 Å². The predicted octanol–water partition coefficient (Wildman–Crippen LogP) is 2.22. The van der Waals surface area contributed by atoms with Gasteiger partial charge in [0, 0.05) is 11.8 Å². The highest BCUT2D eigenvalue weighted by Gasteiger charge is 2.25. The van der Waals surface area contributed by atoms with Gasteiger partial charge in [-0.2, -0.15) is 4.98 Å². The van der Waals surface area contributed by atoms with E-state index >= 15 is 0 Å². The molecule has 0 aliphatic heterocycles. The van der Waals surface area contributed by atoms with Gasteiger partial charge >= 0.3 is 0 Å². The third-order valence-electron chi connectivity index (χ3n) is 5.07. The molecule has 0 spiro atoms. The van der Waals surface area contributed by atoms with Crippen LogP contribution in [0.25, 0.3) is 0 Å². The van der Waals surface area contributed by atoms with Crippen LogP contribution in [0.2, 0.25) is 0 Å². The van der Waals surface area contributed by atoms with E-state index in [-0.39, 0.29) is 24.3 Å². The Hall–Kier alpha value is -1.40. The molecule has 0 amide bonds. The number of anilines is 2. The first kappa shape index (κ1) is 16.5. The average Bonchev–Trinajstić information content (AvgIpc) is 2.55. The van der Waals surface area contributed by atoms with Gasteiger partial charge in [-0.1, -0.05) is 25.7 Å². The molecule has 2 aliphatic carbocycles. The van der Waals surface area contributed by atoms with Gasteiger partial charge in [0.25, 0.3) is 0 Å². The van der Waals surface area contributed by atoms with E-state index < -0.39 is 0 Å². The lowest BCUT2D eigenvalue weighted by Crippen LogP contribution is -2.38. The fourth-order valence-corrected chi connectivity index (χ4v) is 3.56. The standard InChI is InChI=1S/C17H28N4O2/c1-11-10-18-17(20-13-7-3-5-9-15(13)23)21-16(11)19-12-6-2-4-8-14(12)22/h10,12-15,22-23H,2-9H2,1H3,(H2,18,19,20,21). The normalized spacial score (nSPS) is 31.6. The fourth-order valence-electron chi connectivity index (χ4n) is 3.56. The minimum absolute atomic E-state index is 0.0274. The van der Waals surface area contributed by atoms with Crippen molar-refractivity contribution in [1.82, 2.24) is 9.97 Å². The second kappa shape index (κ2) is 7.45. The van der Waals surface area contributed by atoms with Gasteiger partial charge in [-0.15, -0.1) is 0 Å². The molecule has 0 bridgehead atoms. The number of aryl methyl sites for hydroxylation is 1. The van der Waals surface area contributed by atoms with Crippen LogP contribution in [0.5, 0.6) is 0 Å². The Morgan fingerprint density at radius 1 is 0.913 bits per heavy atom. The summed E-state index contributed by atoms with van der Waals surface area (Å²) >= 11 is 0. The molecule has 1 aromatic rings.